The van der Waals surface area contributed by atoms with Crippen LogP contribution in [0.1, 0.15) is 31.3 Å². The van der Waals surface area contributed by atoms with Crippen molar-refractivity contribution in [2.45, 2.75) is 0 Å². The molecule has 0 saturated carbocycles. The molecule has 30 heavy (non-hydrogen) atoms. The van der Waals surface area contributed by atoms with E-state index in [-0.39, 0.29) is 23.8 Å². The summed E-state index contributed by atoms with van der Waals surface area (Å²) >= 11 is 6.03. The number of carbonyl (C=O) groups excluding carboxylic acids is 3. The van der Waals surface area contributed by atoms with E-state index in [1.165, 1.54) is 10.9 Å². The van der Waals surface area contributed by atoms with Crippen molar-refractivity contribution in [2.75, 3.05) is 18.5 Å². The molecule has 0 aliphatic rings. The average molecular weight is 430 g/mol. The van der Waals surface area contributed by atoms with Gasteiger partial charge in [0.05, 0.1) is 10.6 Å². The van der Waals surface area contributed by atoms with Crippen molar-refractivity contribution in [2.24, 2.45) is 5.73 Å². The van der Waals surface area contributed by atoms with Crippen LogP contribution in [-0.4, -0.2) is 40.5 Å². The van der Waals surface area contributed by atoms with Crippen molar-refractivity contribution in [3.8, 4) is 5.69 Å². The number of hydrogen-bond acceptors (Lipinski definition) is 4. The standard InChI is InChI=1S/C20H17ClFN5O3/c21-15-4-2-1-3-14(15)19(29)26-12-5-7-13(8-6-12)27-11-25-16(18(23)28)17(27)20(30)24-10-9-22/h1-8,11H,9-10H2,(H2,23,28)(H,24,30)(H,26,29). The molecule has 0 radical (unpaired) electrons. The van der Waals surface area contributed by atoms with E-state index in [1.807, 2.05) is 0 Å². The highest BCUT2D eigenvalue weighted by Gasteiger charge is 2.23. The van der Waals surface area contributed by atoms with Crippen LogP contribution in [0.3, 0.4) is 0 Å². The van der Waals surface area contributed by atoms with Gasteiger partial charge in [0.1, 0.15) is 18.7 Å². The highest BCUT2D eigenvalue weighted by molar-refractivity contribution is 6.34. The monoisotopic (exact) mass is 429 g/mol. The van der Waals surface area contributed by atoms with Crippen LogP contribution in [0.5, 0.6) is 0 Å². The first-order valence-electron chi connectivity index (χ1n) is 8.80. The molecular formula is C20H17ClFN5O3. The topological polar surface area (TPSA) is 119 Å². The molecule has 2 aromatic carbocycles. The lowest BCUT2D eigenvalue weighted by atomic mass is 10.2. The molecule has 3 aromatic rings. The fourth-order valence-corrected chi connectivity index (χ4v) is 2.96. The number of halogens is 2. The Morgan fingerprint density at radius 1 is 1.07 bits per heavy atom. The van der Waals surface area contributed by atoms with Gasteiger partial charge >= 0.3 is 0 Å². The summed E-state index contributed by atoms with van der Waals surface area (Å²) in [7, 11) is 0. The van der Waals surface area contributed by atoms with Crippen molar-refractivity contribution in [1.82, 2.24) is 14.9 Å². The van der Waals surface area contributed by atoms with E-state index >= 15 is 0 Å². The van der Waals surface area contributed by atoms with Gasteiger partial charge in [-0.3, -0.25) is 19.0 Å². The van der Waals surface area contributed by atoms with Crippen molar-refractivity contribution < 1.29 is 18.8 Å². The predicted octanol–water partition coefficient (Wildman–Crippen LogP) is 2.58. The number of nitrogens with two attached hydrogens (primary N) is 1. The third-order valence-electron chi connectivity index (χ3n) is 4.12. The summed E-state index contributed by atoms with van der Waals surface area (Å²) in [4.78, 5) is 40.2. The molecule has 0 aliphatic heterocycles. The second kappa shape index (κ2) is 9.19. The number of benzene rings is 2. The summed E-state index contributed by atoms with van der Waals surface area (Å²) in [6, 6.07) is 13.1. The Balaban J connectivity index is 1.86. The summed E-state index contributed by atoms with van der Waals surface area (Å²) < 4.78 is 13.8. The van der Waals surface area contributed by atoms with Gasteiger partial charge in [-0.1, -0.05) is 23.7 Å². The molecule has 0 aliphatic carbocycles. The quantitative estimate of drug-likeness (QED) is 0.534. The Morgan fingerprint density at radius 2 is 1.77 bits per heavy atom. The van der Waals surface area contributed by atoms with E-state index < -0.39 is 18.5 Å². The van der Waals surface area contributed by atoms with Gasteiger partial charge in [-0.25, -0.2) is 9.37 Å². The number of aromatic nitrogens is 2. The van der Waals surface area contributed by atoms with Gasteiger partial charge in [0.15, 0.2) is 5.69 Å². The highest BCUT2D eigenvalue weighted by Crippen LogP contribution is 2.20. The third kappa shape index (κ3) is 4.47. The summed E-state index contributed by atoms with van der Waals surface area (Å²) in [5, 5.41) is 5.40. The van der Waals surface area contributed by atoms with Crippen molar-refractivity contribution in [1.29, 1.82) is 0 Å². The van der Waals surface area contributed by atoms with Crippen molar-refractivity contribution >= 4 is 35.0 Å². The number of nitrogens with one attached hydrogen (secondary N) is 2. The maximum Gasteiger partial charge on any atom is 0.270 e. The zero-order valence-electron chi connectivity index (χ0n) is 15.6. The van der Waals surface area contributed by atoms with Gasteiger partial charge < -0.3 is 16.4 Å². The molecule has 8 nitrogen and oxygen atoms in total. The minimum absolute atomic E-state index is 0.108. The number of carbonyl (C=O) groups is 3. The van der Waals surface area contributed by atoms with Crippen LogP contribution in [-0.2, 0) is 0 Å². The molecule has 1 heterocycles. The Labute approximate surface area is 175 Å². The van der Waals surface area contributed by atoms with E-state index in [9.17, 15) is 18.8 Å². The summed E-state index contributed by atoms with van der Waals surface area (Å²) in [5.41, 5.74) is 6.25. The van der Waals surface area contributed by atoms with Gasteiger partial charge in [-0.2, -0.15) is 0 Å². The summed E-state index contributed by atoms with van der Waals surface area (Å²) in [6.07, 6.45) is 1.27. The van der Waals surface area contributed by atoms with Crippen molar-refractivity contribution in [3.63, 3.8) is 0 Å². The SMILES string of the molecule is NC(=O)c1ncn(-c2ccc(NC(=O)c3ccccc3Cl)cc2)c1C(=O)NCCF. The minimum atomic E-state index is -0.886. The van der Waals surface area contributed by atoms with Gasteiger partial charge in [0, 0.05) is 17.9 Å². The van der Waals surface area contributed by atoms with Crippen LogP contribution >= 0.6 is 11.6 Å². The van der Waals surface area contributed by atoms with Gasteiger partial charge in [0.25, 0.3) is 17.7 Å². The maximum absolute atomic E-state index is 12.4. The minimum Gasteiger partial charge on any atom is -0.364 e. The van der Waals surface area contributed by atoms with E-state index in [4.69, 9.17) is 17.3 Å². The normalized spacial score (nSPS) is 10.5. The molecule has 0 saturated heterocycles. The number of primary amides is 1. The van der Waals surface area contributed by atoms with Crippen LogP contribution in [0.4, 0.5) is 10.1 Å². The lowest BCUT2D eigenvalue weighted by Gasteiger charge is -2.11. The van der Waals surface area contributed by atoms with Crippen LogP contribution in [0, 0.1) is 0 Å². The average Bonchev–Trinajstić information content (AvgIpc) is 3.18. The van der Waals surface area contributed by atoms with Crippen LogP contribution in [0.2, 0.25) is 5.02 Å². The maximum atomic E-state index is 12.4. The smallest absolute Gasteiger partial charge is 0.270 e. The number of amides is 3. The lowest BCUT2D eigenvalue weighted by Crippen LogP contribution is -2.30. The molecule has 0 unspecified atom stereocenters. The molecule has 0 bridgehead atoms. The number of rotatable bonds is 7. The summed E-state index contributed by atoms with van der Waals surface area (Å²) in [6.45, 7) is -0.971. The first-order valence-corrected chi connectivity index (χ1v) is 9.17. The number of imidazole rings is 1. The molecular weight excluding hydrogens is 413 g/mol. The van der Waals surface area contributed by atoms with Gasteiger partial charge in [-0.05, 0) is 36.4 Å². The Kier molecular flexibility index (Phi) is 6.43. The zero-order valence-corrected chi connectivity index (χ0v) is 16.3. The number of hydrogen-bond donors (Lipinski definition) is 3. The van der Waals surface area contributed by atoms with Crippen LogP contribution in [0.15, 0.2) is 54.9 Å². The van der Waals surface area contributed by atoms with E-state index in [0.717, 1.165) is 0 Å². The van der Waals surface area contributed by atoms with Crippen LogP contribution in [0.25, 0.3) is 5.69 Å². The number of anilines is 1. The first kappa shape index (κ1) is 21.0. The summed E-state index contributed by atoms with van der Waals surface area (Å²) in [5.74, 6) is -1.95. The molecule has 0 fully saturated rings. The molecule has 3 amide bonds. The molecule has 0 spiro atoms. The third-order valence-corrected chi connectivity index (χ3v) is 4.45. The molecule has 1 aromatic heterocycles. The Bertz CT molecular complexity index is 1100. The Hall–Kier alpha value is -3.72. The number of alkyl halides is 1. The second-order valence-electron chi connectivity index (χ2n) is 6.10. The van der Waals surface area contributed by atoms with E-state index in [0.29, 0.717) is 22.0 Å². The van der Waals surface area contributed by atoms with Crippen molar-refractivity contribution in [3.05, 3.63) is 76.8 Å². The fourth-order valence-electron chi connectivity index (χ4n) is 2.74. The molecule has 10 heteroatoms. The molecule has 154 valence electrons. The number of nitrogens with zero attached hydrogens (tertiary/aromatic N) is 2. The molecule has 0 atom stereocenters. The second-order valence-corrected chi connectivity index (χ2v) is 6.51. The molecule has 4 N–H and O–H groups in total. The first-order chi connectivity index (χ1) is 14.4. The largest absolute Gasteiger partial charge is 0.364 e. The van der Waals surface area contributed by atoms with Gasteiger partial charge in [-0.15, -0.1) is 0 Å². The van der Waals surface area contributed by atoms with Gasteiger partial charge in [0.2, 0.25) is 0 Å². The highest BCUT2D eigenvalue weighted by atomic mass is 35.5. The Morgan fingerprint density at radius 3 is 2.40 bits per heavy atom. The lowest BCUT2D eigenvalue weighted by molar-refractivity contribution is 0.0926. The predicted molar refractivity (Wildman–Crippen MR) is 110 cm³/mol. The zero-order chi connectivity index (χ0) is 21.7. The van der Waals surface area contributed by atoms with Crippen LogP contribution < -0.4 is 16.4 Å². The van der Waals surface area contributed by atoms with E-state index in [2.05, 4.69) is 15.6 Å². The van der Waals surface area contributed by atoms with E-state index in [1.54, 1.807) is 48.5 Å². The molecule has 3 rings (SSSR count). The fraction of sp³-hybridized carbons (Fsp3) is 0.100.